The Labute approximate surface area is 180 Å². The zero-order chi connectivity index (χ0) is 21.8. The molecule has 0 aliphatic heterocycles. The number of benzene rings is 2. The summed E-state index contributed by atoms with van der Waals surface area (Å²) >= 11 is 0. The quantitative estimate of drug-likeness (QED) is 0.483. The van der Waals surface area contributed by atoms with Crippen LogP contribution < -0.4 is 14.8 Å². The molecule has 4 aromatic rings. The number of pyridine rings is 2. The summed E-state index contributed by atoms with van der Waals surface area (Å²) in [7, 11) is 1.58. The van der Waals surface area contributed by atoms with E-state index in [1.54, 1.807) is 31.8 Å². The number of amides is 1. The van der Waals surface area contributed by atoms with Gasteiger partial charge in [0.2, 0.25) is 0 Å². The van der Waals surface area contributed by atoms with Gasteiger partial charge < -0.3 is 14.8 Å². The molecule has 0 spiro atoms. The molecule has 0 saturated heterocycles. The number of fused-ring (bicyclic) bond motifs is 1. The summed E-state index contributed by atoms with van der Waals surface area (Å²) in [6, 6.07) is 15.2. The first kappa shape index (κ1) is 20.3. The van der Waals surface area contributed by atoms with Crippen molar-refractivity contribution in [3.63, 3.8) is 0 Å². The van der Waals surface area contributed by atoms with Crippen molar-refractivity contribution in [3.8, 4) is 17.2 Å². The molecular formula is C25H23N3O3. The molecule has 0 fully saturated rings. The van der Waals surface area contributed by atoms with Gasteiger partial charge in [-0.25, -0.2) is 0 Å². The van der Waals surface area contributed by atoms with E-state index < -0.39 is 0 Å². The highest BCUT2D eigenvalue weighted by Gasteiger charge is 2.15. The number of hydrogen-bond acceptors (Lipinski definition) is 5. The second-order valence-corrected chi connectivity index (χ2v) is 7.23. The number of carbonyl (C=O) groups is 1. The Morgan fingerprint density at radius 3 is 2.71 bits per heavy atom. The van der Waals surface area contributed by atoms with Crippen molar-refractivity contribution in [3.05, 3.63) is 89.4 Å². The Morgan fingerprint density at radius 1 is 1.00 bits per heavy atom. The number of aromatic nitrogens is 2. The average molecular weight is 413 g/mol. The van der Waals surface area contributed by atoms with Gasteiger partial charge in [-0.2, -0.15) is 0 Å². The van der Waals surface area contributed by atoms with Crippen molar-refractivity contribution in [2.24, 2.45) is 0 Å². The third-order valence-corrected chi connectivity index (χ3v) is 5.14. The fourth-order valence-electron chi connectivity index (χ4n) is 3.42. The van der Waals surface area contributed by atoms with Crippen LogP contribution in [0.15, 0.2) is 67.1 Å². The van der Waals surface area contributed by atoms with Crippen LogP contribution in [-0.2, 0) is 6.54 Å². The Balaban J connectivity index is 1.57. The standard InChI is InChI=1S/C25H23N3O3/c1-16-7-8-20-21(13-16)27-12-10-23(20)31-22-6-4-5-19(17(22)2)25(29)28-14-18-9-11-26-15-24(18)30-3/h4-13,15H,14H2,1-3H3,(H,28,29). The molecule has 4 rings (SSSR count). The zero-order valence-corrected chi connectivity index (χ0v) is 17.7. The predicted molar refractivity (Wildman–Crippen MR) is 120 cm³/mol. The summed E-state index contributed by atoms with van der Waals surface area (Å²) in [4.78, 5) is 21.3. The number of nitrogens with zero attached hydrogens (tertiary/aromatic N) is 2. The maximum absolute atomic E-state index is 12.9. The zero-order valence-electron chi connectivity index (χ0n) is 17.7. The van der Waals surface area contributed by atoms with E-state index in [1.807, 2.05) is 56.3 Å². The normalized spacial score (nSPS) is 10.7. The van der Waals surface area contributed by atoms with Gasteiger partial charge in [-0.05, 0) is 55.8 Å². The molecule has 0 radical (unpaired) electrons. The largest absolute Gasteiger partial charge is 0.495 e. The van der Waals surface area contributed by atoms with Crippen LogP contribution in [0.4, 0.5) is 0 Å². The molecule has 2 aromatic heterocycles. The van der Waals surface area contributed by atoms with E-state index in [1.165, 1.54) is 0 Å². The van der Waals surface area contributed by atoms with Crippen LogP contribution in [-0.4, -0.2) is 23.0 Å². The minimum atomic E-state index is -0.183. The van der Waals surface area contributed by atoms with Gasteiger partial charge in [0.05, 0.1) is 18.8 Å². The molecule has 2 aromatic carbocycles. The number of nitrogens with one attached hydrogen (secondary N) is 1. The topological polar surface area (TPSA) is 73.3 Å². The first-order chi connectivity index (χ1) is 15.1. The molecular weight excluding hydrogens is 390 g/mol. The van der Waals surface area contributed by atoms with Crippen molar-refractivity contribution in [1.82, 2.24) is 15.3 Å². The third kappa shape index (κ3) is 4.33. The van der Waals surface area contributed by atoms with Crippen LogP contribution in [0.5, 0.6) is 17.2 Å². The van der Waals surface area contributed by atoms with Crippen molar-refractivity contribution in [2.45, 2.75) is 20.4 Å². The van der Waals surface area contributed by atoms with Crippen molar-refractivity contribution in [1.29, 1.82) is 0 Å². The summed E-state index contributed by atoms with van der Waals surface area (Å²) in [5.41, 5.74) is 4.18. The smallest absolute Gasteiger partial charge is 0.251 e. The van der Waals surface area contributed by atoms with Gasteiger partial charge in [0.1, 0.15) is 17.2 Å². The lowest BCUT2D eigenvalue weighted by molar-refractivity contribution is 0.0949. The van der Waals surface area contributed by atoms with Crippen LogP contribution in [0, 0.1) is 13.8 Å². The molecule has 0 atom stereocenters. The van der Waals surface area contributed by atoms with Gasteiger partial charge in [0, 0.05) is 41.0 Å². The van der Waals surface area contributed by atoms with Crippen LogP contribution in [0.1, 0.15) is 27.0 Å². The van der Waals surface area contributed by atoms with Crippen molar-refractivity contribution < 1.29 is 14.3 Å². The molecule has 0 unspecified atom stereocenters. The second-order valence-electron chi connectivity index (χ2n) is 7.23. The number of aryl methyl sites for hydroxylation is 1. The molecule has 2 heterocycles. The van der Waals surface area contributed by atoms with Gasteiger partial charge in [-0.15, -0.1) is 0 Å². The Hall–Kier alpha value is -3.93. The maximum atomic E-state index is 12.9. The van der Waals surface area contributed by atoms with Crippen LogP contribution in [0.3, 0.4) is 0 Å². The minimum absolute atomic E-state index is 0.183. The minimum Gasteiger partial charge on any atom is -0.495 e. The van der Waals surface area contributed by atoms with Crippen LogP contribution >= 0.6 is 0 Å². The number of methoxy groups -OCH3 is 1. The molecule has 0 aliphatic rings. The Bertz CT molecular complexity index is 1250. The summed E-state index contributed by atoms with van der Waals surface area (Å²) in [5, 5.41) is 3.87. The summed E-state index contributed by atoms with van der Waals surface area (Å²) in [6.45, 7) is 4.25. The highest BCUT2D eigenvalue weighted by Crippen LogP contribution is 2.32. The summed E-state index contributed by atoms with van der Waals surface area (Å²) in [5.74, 6) is 1.78. The fourth-order valence-corrected chi connectivity index (χ4v) is 3.42. The highest BCUT2D eigenvalue weighted by molar-refractivity contribution is 5.96. The van der Waals surface area contributed by atoms with Gasteiger partial charge in [0.15, 0.2) is 0 Å². The van der Waals surface area contributed by atoms with Crippen molar-refractivity contribution in [2.75, 3.05) is 7.11 Å². The number of hydrogen-bond donors (Lipinski definition) is 1. The lowest BCUT2D eigenvalue weighted by atomic mass is 10.1. The van der Waals surface area contributed by atoms with E-state index in [0.29, 0.717) is 29.4 Å². The molecule has 1 amide bonds. The first-order valence-corrected chi connectivity index (χ1v) is 9.94. The maximum Gasteiger partial charge on any atom is 0.251 e. The molecule has 6 nitrogen and oxygen atoms in total. The summed E-state index contributed by atoms with van der Waals surface area (Å²) in [6.07, 6.45) is 5.02. The fraction of sp³-hybridized carbons (Fsp3) is 0.160. The number of rotatable bonds is 6. The first-order valence-electron chi connectivity index (χ1n) is 9.94. The molecule has 31 heavy (non-hydrogen) atoms. The molecule has 1 N–H and O–H groups in total. The molecule has 156 valence electrons. The van der Waals surface area contributed by atoms with Gasteiger partial charge in [-0.3, -0.25) is 14.8 Å². The van der Waals surface area contributed by atoms with Crippen LogP contribution in [0.2, 0.25) is 0 Å². The second kappa shape index (κ2) is 8.83. The summed E-state index contributed by atoms with van der Waals surface area (Å²) < 4.78 is 11.5. The van der Waals surface area contributed by atoms with E-state index in [-0.39, 0.29) is 5.91 Å². The third-order valence-electron chi connectivity index (χ3n) is 5.14. The van der Waals surface area contributed by atoms with Gasteiger partial charge in [0.25, 0.3) is 5.91 Å². The monoisotopic (exact) mass is 413 g/mol. The number of carbonyl (C=O) groups excluding carboxylic acids is 1. The number of ether oxygens (including phenoxy) is 2. The molecule has 0 aliphatic carbocycles. The highest BCUT2D eigenvalue weighted by atomic mass is 16.5. The Morgan fingerprint density at radius 2 is 1.87 bits per heavy atom. The van der Waals surface area contributed by atoms with E-state index in [4.69, 9.17) is 9.47 Å². The lowest BCUT2D eigenvalue weighted by Gasteiger charge is -2.14. The van der Waals surface area contributed by atoms with Crippen molar-refractivity contribution >= 4 is 16.8 Å². The molecule has 6 heteroatoms. The SMILES string of the molecule is COc1cnccc1CNC(=O)c1cccc(Oc2ccnc3cc(C)ccc23)c1C. The van der Waals surface area contributed by atoms with E-state index in [9.17, 15) is 4.79 Å². The van der Waals surface area contributed by atoms with E-state index in [2.05, 4.69) is 15.3 Å². The van der Waals surface area contributed by atoms with Crippen LogP contribution in [0.25, 0.3) is 10.9 Å². The lowest BCUT2D eigenvalue weighted by Crippen LogP contribution is -2.24. The molecule has 0 bridgehead atoms. The van der Waals surface area contributed by atoms with E-state index >= 15 is 0 Å². The van der Waals surface area contributed by atoms with Gasteiger partial charge >= 0.3 is 0 Å². The molecule has 0 saturated carbocycles. The van der Waals surface area contributed by atoms with E-state index in [0.717, 1.165) is 27.6 Å². The van der Waals surface area contributed by atoms with Gasteiger partial charge in [-0.1, -0.05) is 12.1 Å². The average Bonchev–Trinajstić information content (AvgIpc) is 2.79. The Kier molecular flexibility index (Phi) is 5.80. The predicted octanol–water partition coefficient (Wildman–Crippen LogP) is 4.98.